The zero-order valence-corrected chi connectivity index (χ0v) is 12.9. The van der Waals surface area contributed by atoms with Gasteiger partial charge in [-0.2, -0.15) is 0 Å². The highest BCUT2D eigenvalue weighted by Gasteiger charge is 2.39. The van der Waals surface area contributed by atoms with Crippen molar-refractivity contribution in [1.29, 1.82) is 0 Å². The second kappa shape index (κ2) is 6.77. The SMILES string of the molecule is O=C(CCc1ccccc1)N[C@H]1CCC[C@@H]1N1C(=O)C=CC1=O. The van der Waals surface area contributed by atoms with Crippen molar-refractivity contribution in [2.75, 3.05) is 0 Å². The van der Waals surface area contributed by atoms with Gasteiger partial charge < -0.3 is 5.32 Å². The van der Waals surface area contributed by atoms with Crippen LogP contribution >= 0.6 is 0 Å². The van der Waals surface area contributed by atoms with Crippen LogP contribution in [0, 0.1) is 0 Å². The lowest BCUT2D eigenvalue weighted by Crippen LogP contribution is -2.51. The molecule has 0 radical (unpaired) electrons. The molecule has 0 bridgehead atoms. The molecule has 0 aromatic heterocycles. The minimum absolute atomic E-state index is 0.0298. The van der Waals surface area contributed by atoms with Gasteiger partial charge in [0.25, 0.3) is 11.8 Å². The third-order valence-electron chi connectivity index (χ3n) is 4.48. The molecule has 2 aliphatic rings. The molecule has 120 valence electrons. The van der Waals surface area contributed by atoms with Gasteiger partial charge in [-0.15, -0.1) is 0 Å². The number of hydrogen-bond donors (Lipinski definition) is 1. The monoisotopic (exact) mass is 312 g/mol. The summed E-state index contributed by atoms with van der Waals surface area (Å²) in [5.41, 5.74) is 1.12. The molecule has 1 aromatic carbocycles. The maximum atomic E-state index is 12.2. The van der Waals surface area contributed by atoms with E-state index < -0.39 is 0 Å². The summed E-state index contributed by atoms with van der Waals surface area (Å²) in [5.74, 6) is -0.575. The Morgan fingerprint density at radius 2 is 1.78 bits per heavy atom. The summed E-state index contributed by atoms with van der Waals surface area (Å²) in [6.45, 7) is 0. The molecule has 1 aliphatic heterocycles. The van der Waals surface area contributed by atoms with E-state index in [9.17, 15) is 14.4 Å². The van der Waals surface area contributed by atoms with Gasteiger partial charge in [-0.05, 0) is 31.2 Å². The van der Waals surface area contributed by atoms with Crippen LogP contribution in [0.25, 0.3) is 0 Å². The van der Waals surface area contributed by atoms with E-state index in [0.29, 0.717) is 12.8 Å². The fourth-order valence-electron chi connectivity index (χ4n) is 3.34. The first kappa shape index (κ1) is 15.5. The number of rotatable bonds is 5. The Morgan fingerprint density at radius 3 is 2.48 bits per heavy atom. The number of nitrogens with zero attached hydrogens (tertiary/aromatic N) is 1. The van der Waals surface area contributed by atoms with E-state index in [1.165, 1.54) is 17.1 Å². The van der Waals surface area contributed by atoms with Gasteiger partial charge in [-0.3, -0.25) is 19.3 Å². The molecule has 1 N–H and O–H groups in total. The fraction of sp³-hybridized carbons (Fsp3) is 0.389. The first-order valence-corrected chi connectivity index (χ1v) is 8.03. The Morgan fingerprint density at radius 1 is 1.09 bits per heavy atom. The molecule has 0 spiro atoms. The van der Waals surface area contributed by atoms with Crippen molar-refractivity contribution in [3.8, 4) is 0 Å². The molecular weight excluding hydrogens is 292 g/mol. The van der Waals surface area contributed by atoms with Gasteiger partial charge in [0.1, 0.15) is 0 Å². The highest BCUT2D eigenvalue weighted by atomic mass is 16.2. The molecule has 0 unspecified atom stereocenters. The predicted molar refractivity (Wildman–Crippen MR) is 85.3 cm³/mol. The average molecular weight is 312 g/mol. The summed E-state index contributed by atoms with van der Waals surface area (Å²) in [6, 6.07) is 9.51. The van der Waals surface area contributed by atoms with Gasteiger partial charge in [-0.1, -0.05) is 30.3 Å². The maximum absolute atomic E-state index is 12.2. The zero-order valence-electron chi connectivity index (χ0n) is 12.9. The summed E-state index contributed by atoms with van der Waals surface area (Å²) in [5, 5.41) is 3.00. The van der Waals surface area contributed by atoms with Gasteiger partial charge in [0, 0.05) is 24.6 Å². The van der Waals surface area contributed by atoms with Crippen molar-refractivity contribution in [1.82, 2.24) is 10.2 Å². The number of carbonyl (C=O) groups excluding carboxylic acids is 3. The predicted octanol–water partition coefficient (Wildman–Crippen LogP) is 1.58. The van der Waals surface area contributed by atoms with Crippen LogP contribution < -0.4 is 5.32 Å². The summed E-state index contributed by atoms with van der Waals surface area (Å²) >= 11 is 0. The minimum atomic E-state index is -0.273. The summed E-state index contributed by atoms with van der Waals surface area (Å²) in [7, 11) is 0. The minimum Gasteiger partial charge on any atom is -0.351 e. The first-order valence-electron chi connectivity index (χ1n) is 8.03. The second-order valence-electron chi connectivity index (χ2n) is 6.04. The number of hydrogen-bond acceptors (Lipinski definition) is 3. The van der Waals surface area contributed by atoms with Crippen LogP contribution in [0.15, 0.2) is 42.5 Å². The Hall–Kier alpha value is -2.43. The summed E-state index contributed by atoms with van der Waals surface area (Å²) in [6.07, 6.45) is 6.16. The van der Waals surface area contributed by atoms with Gasteiger partial charge in [0.05, 0.1) is 6.04 Å². The van der Waals surface area contributed by atoms with Gasteiger partial charge in [0.2, 0.25) is 5.91 Å². The molecule has 23 heavy (non-hydrogen) atoms. The lowest BCUT2D eigenvalue weighted by Gasteiger charge is -2.28. The number of aryl methyl sites for hydroxylation is 1. The fourth-order valence-corrected chi connectivity index (χ4v) is 3.34. The molecule has 1 fully saturated rings. The Kier molecular flexibility index (Phi) is 4.55. The maximum Gasteiger partial charge on any atom is 0.253 e. The number of imide groups is 1. The molecule has 3 rings (SSSR count). The Bertz CT molecular complexity index is 621. The van der Waals surface area contributed by atoms with E-state index >= 15 is 0 Å². The van der Waals surface area contributed by atoms with Crippen LogP contribution in [-0.2, 0) is 20.8 Å². The van der Waals surface area contributed by atoms with Gasteiger partial charge in [-0.25, -0.2) is 0 Å². The molecule has 1 aromatic rings. The van der Waals surface area contributed by atoms with Crippen molar-refractivity contribution in [2.45, 2.75) is 44.2 Å². The normalized spacial score (nSPS) is 23.6. The molecule has 3 amide bonds. The van der Waals surface area contributed by atoms with Crippen molar-refractivity contribution in [3.63, 3.8) is 0 Å². The number of benzene rings is 1. The van der Waals surface area contributed by atoms with E-state index in [0.717, 1.165) is 24.8 Å². The second-order valence-corrected chi connectivity index (χ2v) is 6.04. The smallest absolute Gasteiger partial charge is 0.253 e. The van der Waals surface area contributed by atoms with E-state index in [4.69, 9.17) is 0 Å². The van der Waals surface area contributed by atoms with Crippen LogP contribution in [0.2, 0.25) is 0 Å². The standard InChI is InChI=1S/C18H20N2O3/c21-16(10-9-13-5-2-1-3-6-13)19-14-7-4-8-15(14)20-17(22)11-12-18(20)23/h1-3,5-6,11-12,14-15H,4,7-10H2,(H,19,21)/t14-,15-/m0/s1. The van der Waals surface area contributed by atoms with Crippen LogP contribution in [0.4, 0.5) is 0 Å². The molecular formula is C18H20N2O3. The van der Waals surface area contributed by atoms with Crippen molar-refractivity contribution in [3.05, 3.63) is 48.0 Å². The molecule has 2 atom stereocenters. The quantitative estimate of drug-likeness (QED) is 0.840. The molecule has 1 aliphatic carbocycles. The lowest BCUT2D eigenvalue weighted by atomic mass is 10.1. The largest absolute Gasteiger partial charge is 0.351 e. The Labute approximate surface area is 135 Å². The number of amides is 3. The molecule has 1 saturated carbocycles. The molecule has 5 nitrogen and oxygen atoms in total. The highest BCUT2D eigenvalue weighted by molar-refractivity contribution is 6.13. The summed E-state index contributed by atoms with van der Waals surface area (Å²) in [4.78, 5) is 37.1. The number of carbonyl (C=O) groups is 3. The van der Waals surface area contributed by atoms with Crippen molar-refractivity contribution in [2.24, 2.45) is 0 Å². The lowest BCUT2D eigenvalue weighted by molar-refractivity contribution is -0.140. The van der Waals surface area contributed by atoms with Gasteiger partial charge >= 0.3 is 0 Å². The Balaban J connectivity index is 1.55. The molecule has 5 heteroatoms. The third kappa shape index (κ3) is 3.50. The van der Waals surface area contributed by atoms with E-state index in [1.54, 1.807) is 0 Å². The van der Waals surface area contributed by atoms with Crippen LogP contribution in [0.5, 0.6) is 0 Å². The van der Waals surface area contributed by atoms with E-state index in [-0.39, 0.29) is 29.8 Å². The first-order chi connectivity index (χ1) is 11.1. The van der Waals surface area contributed by atoms with E-state index in [2.05, 4.69) is 5.32 Å². The van der Waals surface area contributed by atoms with Crippen LogP contribution in [0.3, 0.4) is 0 Å². The van der Waals surface area contributed by atoms with Crippen LogP contribution in [-0.4, -0.2) is 34.7 Å². The molecule has 0 saturated heterocycles. The van der Waals surface area contributed by atoms with Crippen molar-refractivity contribution < 1.29 is 14.4 Å². The molecule has 1 heterocycles. The topological polar surface area (TPSA) is 66.5 Å². The summed E-state index contributed by atoms with van der Waals surface area (Å²) < 4.78 is 0. The van der Waals surface area contributed by atoms with Gasteiger partial charge in [0.15, 0.2) is 0 Å². The van der Waals surface area contributed by atoms with Crippen molar-refractivity contribution >= 4 is 17.7 Å². The van der Waals surface area contributed by atoms with E-state index in [1.807, 2.05) is 30.3 Å². The highest BCUT2D eigenvalue weighted by Crippen LogP contribution is 2.26. The van der Waals surface area contributed by atoms with Crippen LogP contribution in [0.1, 0.15) is 31.2 Å². The number of nitrogens with one attached hydrogen (secondary N) is 1. The zero-order chi connectivity index (χ0) is 16.2. The average Bonchev–Trinajstić information content (AvgIpc) is 3.12. The third-order valence-corrected chi connectivity index (χ3v) is 4.48.